The van der Waals surface area contributed by atoms with Crippen LogP contribution in [0.5, 0.6) is 0 Å². The van der Waals surface area contributed by atoms with E-state index in [0.717, 1.165) is 85.2 Å². The molecule has 4 nitrogen and oxygen atoms in total. The monoisotopic (exact) mass is 638 g/mol. The molecule has 0 aliphatic rings. The molecular weight excluding hydrogens is 593 g/mol. The SMILES string of the molecule is CCCc1cccc(N(C(=O)S)c2ccccc2Cc2ccccc2N(C(=O)S)c2cccc(CCC)c2CCC)c1CCC. The number of amides is 2. The maximum Gasteiger partial charge on any atom is 0.287 e. The number of carbonyl (C=O) groups excluding carboxylic acids is 2. The lowest BCUT2D eigenvalue weighted by Gasteiger charge is -2.29. The third-order valence-corrected chi connectivity index (χ3v) is 8.65. The number of aryl methyl sites for hydroxylation is 2. The van der Waals surface area contributed by atoms with Crippen molar-refractivity contribution < 1.29 is 9.59 Å². The van der Waals surface area contributed by atoms with Crippen LogP contribution in [-0.2, 0) is 32.1 Å². The molecule has 4 aromatic rings. The van der Waals surface area contributed by atoms with Crippen LogP contribution < -0.4 is 9.80 Å². The van der Waals surface area contributed by atoms with Crippen molar-refractivity contribution in [3.05, 3.63) is 118 Å². The number of benzene rings is 4. The van der Waals surface area contributed by atoms with Crippen LogP contribution in [0.3, 0.4) is 0 Å². The fourth-order valence-electron chi connectivity index (χ4n) is 6.38. The fraction of sp³-hybridized carbons (Fsp3) is 0.333. The van der Waals surface area contributed by atoms with E-state index in [2.05, 4.69) is 77.2 Å². The van der Waals surface area contributed by atoms with Crippen LogP contribution in [0.4, 0.5) is 32.3 Å². The molecule has 0 saturated heterocycles. The molecule has 236 valence electrons. The van der Waals surface area contributed by atoms with Crippen molar-refractivity contribution in [3.63, 3.8) is 0 Å². The van der Waals surface area contributed by atoms with Crippen LogP contribution in [0, 0.1) is 0 Å². The molecule has 6 heteroatoms. The second-order valence-corrected chi connectivity index (χ2v) is 12.3. The average molecular weight is 639 g/mol. The average Bonchev–Trinajstić information content (AvgIpc) is 3.02. The largest absolute Gasteiger partial charge is 0.287 e. The Morgan fingerprint density at radius 1 is 0.467 bits per heavy atom. The Morgan fingerprint density at radius 3 is 1.16 bits per heavy atom. The topological polar surface area (TPSA) is 40.6 Å². The molecule has 0 radical (unpaired) electrons. The quantitative estimate of drug-likeness (QED) is 0.135. The summed E-state index contributed by atoms with van der Waals surface area (Å²) in [5, 5.41) is -0.656. The molecule has 0 spiro atoms. The van der Waals surface area contributed by atoms with E-state index in [-0.39, 0.29) is 10.5 Å². The van der Waals surface area contributed by atoms with E-state index in [9.17, 15) is 9.59 Å². The minimum atomic E-state index is -0.328. The van der Waals surface area contributed by atoms with Crippen LogP contribution in [0.2, 0.25) is 0 Å². The zero-order valence-electron chi connectivity index (χ0n) is 27.1. The number of hydrogen-bond acceptors (Lipinski definition) is 2. The second kappa shape index (κ2) is 16.7. The van der Waals surface area contributed by atoms with Gasteiger partial charge in [0, 0.05) is 6.42 Å². The summed E-state index contributed by atoms with van der Waals surface area (Å²) in [7, 11) is 0. The van der Waals surface area contributed by atoms with Crippen LogP contribution >= 0.6 is 25.3 Å². The smallest absolute Gasteiger partial charge is 0.272 e. The van der Waals surface area contributed by atoms with Gasteiger partial charge in [0.25, 0.3) is 10.5 Å². The Morgan fingerprint density at radius 2 is 0.800 bits per heavy atom. The number of carbonyl (C=O) groups is 2. The maximum absolute atomic E-state index is 13.3. The number of thiol groups is 2. The van der Waals surface area contributed by atoms with Gasteiger partial charge in [0.15, 0.2) is 0 Å². The lowest BCUT2D eigenvalue weighted by atomic mass is 9.95. The van der Waals surface area contributed by atoms with Gasteiger partial charge in [-0.2, -0.15) is 0 Å². The zero-order valence-corrected chi connectivity index (χ0v) is 28.8. The standard InChI is InChI=1S/C39H46N2O2S2/c1-5-15-28-21-13-25-36(32(28)17-7-3)40(38(42)44)34-23-11-9-19-30(34)27-31-20-10-12-24-35(31)41(39(43)45)37-26-14-22-29(16-6-2)33(37)18-8-4/h9-14,19-26H,5-8,15-18,27H2,1-4H3,(H,42,44)(H,43,45). The summed E-state index contributed by atoms with van der Waals surface area (Å²) in [6.07, 6.45) is 8.20. The molecule has 0 atom stereocenters. The molecule has 0 bridgehead atoms. The molecule has 0 heterocycles. The van der Waals surface area contributed by atoms with E-state index >= 15 is 0 Å². The van der Waals surface area contributed by atoms with Crippen molar-refractivity contribution in [1.82, 2.24) is 0 Å². The summed E-state index contributed by atoms with van der Waals surface area (Å²) >= 11 is 8.80. The summed E-state index contributed by atoms with van der Waals surface area (Å²) in [5.41, 5.74) is 10.2. The molecule has 0 N–H and O–H groups in total. The highest BCUT2D eigenvalue weighted by Crippen LogP contribution is 2.39. The highest BCUT2D eigenvalue weighted by atomic mass is 32.1. The van der Waals surface area contributed by atoms with Gasteiger partial charge in [0.2, 0.25) is 0 Å². The van der Waals surface area contributed by atoms with Crippen LogP contribution in [0.25, 0.3) is 0 Å². The van der Waals surface area contributed by atoms with E-state index < -0.39 is 0 Å². The van der Waals surface area contributed by atoms with Gasteiger partial charge >= 0.3 is 0 Å². The fourth-order valence-corrected chi connectivity index (χ4v) is 6.81. The Kier molecular flexibility index (Phi) is 12.8. The predicted molar refractivity (Wildman–Crippen MR) is 198 cm³/mol. The first-order valence-corrected chi connectivity index (χ1v) is 17.2. The van der Waals surface area contributed by atoms with Crippen molar-refractivity contribution in [2.45, 2.75) is 85.5 Å². The molecule has 0 aliphatic heterocycles. The molecule has 45 heavy (non-hydrogen) atoms. The van der Waals surface area contributed by atoms with Gasteiger partial charge in [-0.15, -0.1) is 0 Å². The third kappa shape index (κ3) is 8.03. The van der Waals surface area contributed by atoms with Gasteiger partial charge in [-0.05, 0) is 83.3 Å². The first-order chi connectivity index (χ1) is 21.9. The van der Waals surface area contributed by atoms with Crippen molar-refractivity contribution in [3.8, 4) is 0 Å². The van der Waals surface area contributed by atoms with E-state index in [1.807, 2.05) is 60.7 Å². The summed E-state index contributed by atoms with van der Waals surface area (Å²) in [6.45, 7) is 8.70. The highest BCUT2D eigenvalue weighted by molar-refractivity contribution is 7.97. The van der Waals surface area contributed by atoms with Gasteiger partial charge in [-0.1, -0.05) is 139 Å². The Hall–Kier alpha value is -3.48. The van der Waals surface area contributed by atoms with Gasteiger partial charge in [-0.3, -0.25) is 19.4 Å². The summed E-state index contributed by atoms with van der Waals surface area (Å²) in [6, 6.07) is 28.5. The van der Waals surface area contributed by atoms with Crippen molar-refractivity contribution in [2.75, 3.05) is 9.80 Å². The van der Waals surface area contributed by atoms with Gasteiger partial charge < -0.3 is 0 Å². The second-order valence-electron chi connectivity index (χ2n) is 11.5. The molecule has 0 aromatic heterocycles. The van der Waals surface area contributed by atoms with Crippen LogP contribution in [-0.4, -0.2) is 10.5 Å². The lowest BCUT2D eigenvalue weighted by molar-refractivity contribution is 0.266. The minimum absolute atomic E-state index is 0.328. The zero-order chi connectivity index (χ0) is 32.3. The van der Waals surface area contributed by atoms with Crippen LogP contribution in [0.15, 0.2) is 84.9 Å². The van der Waals surface area contributed by atoms with Crippen LogP contribution in [0.1, 0.15) is 86.8 Å². The number of rotatable bonds is 14. The van der Waals surface area contributed by atoms with Crippen molar-refractivity contribution in [1.29, 1.82) is 0 Å². The van der Waals surface area contributed by atoms with Crippen molar-refractivity contribution in [2.24, 2.45) is 0 Å². The number of nitrogens with zero attached hydrogens (tertiary/aromatic N) is 2. The number of para-hydroxylation sites is 2. The van der Waals surface area contributed by atoms with E-state index in [4.69, 9.17) is 0 Å². The van der Waals surface area contributed by atoms with E-state index in [1.165, 1.54) is 22.3 Å². The molecule has 0 fully saturated rings. The lowest BCUT2D eigenvalue weighted by Crippen LogP contribution is -2.24. The summed E-state index contributed by atoms with van der Waals surface area (Å²) < 4.78 is 0. The molecule has 4 rings (SSSR count). The molecule has 2 amide bonds. The Bertz CT molecular complexity index is 1500. The third-order valence-electron chi connectivity index (χ3n) is 8.25. The van der Waals surface area contributed by atoms with Gasteiger partial charge in [-0.25, -0.2) is 0 Å². The van der Waals surface area contributed by atoms with E-state index in [1.54, 1.807) is 9.80 Å². The summed E-state index contributed by atoms with van der Waals surface area (Å²) in [4.78, 5) is 30.2. The maximum atomic E-state index is 13.3. The highest BCUT2D eigenvalue weighted by Gasteiger charge is 2.25. The molecule has 0 unspecified atom stereocenters. The Labute approximate surface area is 280 Å². The van der Waals surface area contributed by atoms with Gasteiger partial charge in [0.1, 0.15) is 0 Å². The van der Waals surface area contributed by atoms with Gasteiger partial charge in [0.05, 0.1) is 22.7 Å². The minimum Gasteiger partial charge on any atom is -0.272 e. The molecule has 0 aliphatic carbocycles. The Balaban J connectivity index is 1.85. The summed E-state index contributed by atoms with van der Waals surface area (Å²) in [5.74, 6) is 0. The normalized spacial score (nSPS) is 11.0. The molecular formula is C39H46N2O2S2. The first kappa shape index (κ1) is 34.4. The van der Waals surface area contributed by atoms with Crippen molar-refractivity contribution >= 4 is 58.5 Å². The molecule has 0 saturated carbocycles. The van der Waals surface area contributed by atoms with E-state index in [0.29, 0.717) is 6.42 Å². The number of anilines is 4. The predicted octanol–water partition coefficient (Wildman–Crippen LogP) is 11.5. The first-order valence-electron chi connectivity index (χ1n) is 16.3. The molecule has 4 aromatic carbocycles. The number of hydrogen-bond donors (Lipinski definition) is 2.